The van der Waals surface area contributed by atoms with Crippen molar-refractivity contribution in [2.45, 2.75) is 32.4 Å². The lowest BCUT2D eigenvalue weighted by Crippen LogP contribution is -2.40. The number of aromatic nitrogens is 2. The number of likely N-dealkylation sites (N-methyl/N-ethyl adjacent to an activating group) is 1. The molecule has 0 spiro atoms. The molecule has 1 amide bonds. The first kappa shape index (κ1) is 18.7. The number of hydrogen-bond acceptors (Lipinski definition) is 5. The van der Waals surface area contributed by atoms with Gasteiger partial charge in [-0.15, -0.1) is 0 Å². The molecule has 0 atom stereocenters. The summed E-state index contributed by atoms with van der Waals surface area (Å²) in [6.07, 6.45) is 5.70. The summed E-state index contributed by atoms with van der Waals surface area (Å²) in [6.45, 7) is 0.393. The molecule has 9 heteroatoms. The van der Waals surface area contributed by atoms with Gasteiger partial charge in [-0.05, 0) is 37.0 Å². The molecule has 0 bridgehead atoms. The first-order valence-corrected chi connectivity index (χ1v) is 10.4. The molecule has 2 aromatic heterocycles. The summed E-state index contributed by atoms with van der Waals surface area (Å²) in [5, 5.41) is 4.57. The van der Waals surface area contributed by atoms with Crippen LogP contribution < -0.4 is 0 Å². The van der Waals surface area contributed by atoms with E-state index in [1.54, 1.807) is 23.3 Å². The molecule has 0 radical (unpaired) electrons. The Kier molecular flexibility index (Phi) is 5.19. The number of aryl methyl sites for hydroxylation is 1. The fraction of sp³-hybridized carbons (Fsp3) is 0.529. The maximum Gasteiger partial charge on any atom is 0.238 e. The second kappa shape index (κ2) is 7.24. The molecule has 0 saturated carbocycles. The van der Waals surface area contributed by atoms with E-state index >= 15 is 0 Å². The topological polar surface area (TPSA) is 88.7 Å². The van der Waals surface area contributed by atoms with Gasteiger partial charge in [0, 0.05) is 19.8 Å². The molecule has 0 fully saturated rings. The zero-order valence-corrected chi connectivity index (χ0v) is 16.1. The van der Waals surface area contributed by atoms with Crippen molar-refractivity contribution in [3.05, 3.63) is 41.1 Å². The maximum absolute atomic E-state index is 12.8. The molecular formula is C17H24N4O4S. The van der Waals surface area contributed by atoms with E-state index in [0.717, 1.165) is 35.5 Å². The van der Waals surface area contributed by atoms with Crippen molar-refractivity contribution in [2.24, 2.45) is 7.05 Å². The van der Waals surface area contributed by atoms with Crippen molar-refractivity contribution in [2.75, 3.05) is 19.8 Å². The lowest BCUT2D eigenvalue weighted by molar-refractivity contribution is -0.132. The number of sulfonamides is 1. The minimum Gasteiger partial charge on any atom is -0.467 e. The molecule has 1 aliphatic rings. The van der Waals surface area contributed by atoms with Gasteiger partial charge < -0.3 is 9.32 Å². The van der Waals surface area contributed by atoms with Crippen molar-refractivity contribution in [1.29, 1.82) is 0 Å². The fourth-order valence-electron chi connectivity index (χ4n) is 3.24. The Morgan fingerprint density at radius 3 is 2.77 bits per heavy atom. The number of carbonyl (C=O) groups is 1. The van der Waals surface area contributed by atoms with Crippen LogP contribution in [0.1, 0.15) is 29.1 Å². The van der Waals surface area contributed by atoms with Gasteiger partial charge in [0.2, 0.25) is 15.9 Å². The molecule has 8 nitrogen and oxygen atoms in total. The van der Waals surface area contributed by atoms with Crippen molar-refractivity contribution in [3.63, 3.8) is 0 Å². The Balaban J connectivity index is 1.81. The van der Waals surface area contributed by atoms with Crippen LogP contribution in [0.15, 0.2) is 22.8 Å². The quantitative estimate of drug-likeness (QED) is 0.713. The molecular weight excluding hydrogens is 356 g/mol. The predicted octanol–water partition coefficient (Wildman–Crippen LogP) is 0.922. The highest BCUT2D eigenvalue weighted by atomic mass is 32.2. The zero-order chi connectivity index (χ0) is 18.9. The van der Waals surface area contributed by atoms with E-state index in [0.29, 0.717) is 12.3 Å². The van der Waals surface area contributed by atoms with Gasteiger partial charge >= 0.3 is 0 Å². The van der Waals surface area contributed by atoms with Crippen molar-refractivity contribution in [1.82, 2.24) is 19.0 Å². The molecule has 1 aliphatic carbocycles. The summed E-state index contributed by atoms with van der Waals surface area (Å²) < 4.78 is 31.6. The highest BCUT2D eigenvalue weighted by molar-refractivity contribution is 7.88. The standard InChI is InChI=1S/C17H24N4O4S/c1-19(26(3,23)24)12-17(22)21(10-13-6-5-9-25-13)11-15-14-7-4-8-16(14)20(2)18-15/h5-6,9H,4,7-8,10-12H2,1-3H3. The van der Waals surface area contributed by atoms with E-state index in [-0.39, 0.29) is 19.0 Å². The second-order valence-electron chi connectivity index (χ2n) is 6.70. The number of fused-ring (bicyclic) bond motifs is 1. The van der Waals surface area contributed by atoms with Crippen molar-refractivity contribution < 1.29 is 17.6 Å². The zero-order valence-electron chi connectivity index (χ0n) is 15.3. The lowest BCUT2D eigenvalue weighted by atomic mass is 10.2. The number of amides is 1. The summed E-state index contributed by atoms with van der Waals surface area (Å²) >= 11 is 0. The lowest BCUT2D eigenvalue weighted by Gasteiger charge is -2.23. The van der Waals surface area contributed by atoms with E-state index in [1.165, 1.54) is 18.3 Å². The van der Waals surface area contributed by atoms with Gasteiger partial charge in [0.1, 0.15) is 5.76 Å². The van der Waals surface area contributed by atoms with Gasteiger partial charge in [0.25, 0.3) is 0 Å². The fourth-order valence-corrected chi connectivity index (χ4v) is 3.58. The normalized spacial score (nSPS) is 14.0. The average Bonchev–Trinajstić information content (AvgIpc) is 3.27. The second-order valence-corrected chi connectivity index (χ2v) is 8.79. The average molecular weight is 380 g/mol. The Bertz CT molecular complexity index is 886. The first-order chi connectivity index (χ1) is 12.3. The predicted molar refractivity (Wildman–Crippen MR) is 95.7 cm³/mol. The van der Waals surface area contributed by atoms with E-state index in [4.69, 9.17) is 4.42 Å². The van der Waals surface area contributed by atoms with Crippen LogP contribution in [0.25, 0.3) is 0 Å². The Morgan fingerprint density at radius 2 is 2.12 bits per heavy atom. The Hall–Kier alpha value is -2.13. The van der Waals surface area contributed by atoms with Crippen LogP contribution in [0.2, 0.25) is 0 Å². The number of furan rings is 1. The third kappa shape index (κ3) is 3.99. The number of rotatable bonds is 7. The summed E-state index contributed by atoms with van der Waals surface area (Å²) in [4.78, 5) is 14.4. The summed E-state index contributed by atoms with van der Waals surface area (Å²) in [5.74, 6) is 0.361. The third-order valence-electron chi connectivity index (χ3n) is 4.74. The van der Waals surface area contributed by atoms with E-state index in [1.807, 2.05) is 11.7 Å². The van der Waals surface area contributed by atoms with Gasteiger partial charge in [-0.25, -0.2) is 8.42 Å². The van der Waals surface area contributed by atoms with Crippen LogP contribution in [0.5, 0.6) is 0 Å². The van der Waals surface area contributed by atoms with Gasteiger partial charge in [-0.1, -0.05) is 0 Å². The van der Waals surface area contributed by atoms with Gasteiger partial charge in [-0.2, -0.15) is 9.40 Å². The smallest absolute Gasteiger partial charge is 0.238 e. The van der Waals surface area contributed by atoms with Crippen LogP contribution in [0, 0.1) is 0 Å². The monoisotopic (exact) mass is 380 g/mol. The van der Waals surface area contributed by atoms with Crippen LogP contribution >= 0.6 is 0 Å². The summed E-state index contributed by atoms with van der Waals surface area (Å²) in [5.41, 5.74) is 3.31. The maximum atomic E-state index is 12.8. The van der Waals surface area contributed by atoms with Gasteiger partial charge in [0.15, 0.2) is 0 Å². The van der Waals surface area contributed by atoms with Crippen LogP contribution in [-0.4, -0.2) is 53.2 Å². The molecule has 2 heterocycles. The molecule has 142 valence electrons. The number of carbonyl (C=O) groups excluding carboxylic acids is 1. The first-order valence-electron chi connectivity index (χ1n) is 8.51. The summed E-state index contributed by atoms with van der Waals surface area (Å²) in [6, 6.07) is 3.56. The largest absolute Gasteiger partial charge is 0.467 e. The van der Waals surface area contributed by atoms with E-state index < -0.39 is 10.0 Å². The van der Waals surface area contributed by atoms with Crippen LogP contribution in [0.3, 0.4) is 0 Å². The molecule has 0 aromatic carbocycles. The Morgan fingerprint density at radius 1 is 1.35 bits per heavy atom. The van der Waals surface area contributed by atoms with Crippen molar-refractivity contribution >= 4 is 15.9 Å². The van der Waals surface area contributed by atoms with Crippen molar-refractivity contribution in [3.8, 4) is 0 Å². The molecule has 0 unspecified atom stereocenters. The van der Waals surface area contributed by atoms with E-state index in [9.17, 15) is 13.2 Å². The Labute approximate surface area is 153 Å². The summed E-state index contributed by atoms with van der Waals surface area (Å²) in [7, 11) is -0.109. The molecule has 26 heavy (non-hydrogen) atoms. The van der Waals surface area contributed by atoms with Crippen LogP contribution in [0.4, 0.5) is 0 Å². The van der Waals surface area contributed by atoms with Gasteiger partial charge in [-0.3, -0.25) is 9.48 Å². The molecule has 3 rings (SSSR count). The number of hydrogen-bond donors (Lipinski definition) is 0. The third-order valence-corrected chi connectivity index (χ3v) is 6.00. The SMILES string of the molecule is CN(CC(=O)N(Cc1ccco1)Cc1nn(C)c2c1CCC2)S(C)(=O)=O. The number of nitrogens with zero attached hydrogens (tertiary/aromatic N) is 4. The molecule has 0 saturated heterocycles. The highest BCUT2D eigenvalue weighted by Crippen LogP contribution is 2.26. The molecule has 0 N–H and O–H groups in total. The molecule has 2 aromatic rings. The van der Waals surface area contributed by atoms with E-state index in [2.05, 4.69) is 5.10 Å². The minimum atomic E-state index is -3.43. The van der Waals surface area contributed by atoms with Crippen LogP contribution in [-0.2, 0) is 47.8 Å². The molecule has 0 aliphatic heterocycles. The highest BCUT2D eigenvalue weighted by Gasteiger charge is 2.26. The van der Waals surface area contributed by atoms with Gasteiger partial charge in [0.05, 0.1) is 37.8 Å². The minimum absolute atomic E-state index is 0.214.